The summed E-state index contributed by atoms with van der Waals surface area (Å²) >= 11 is 1.36. The van der Waals surface area contributed by atoms with Gasteiger partial charge in [-0.15, -0.1) is 11.3 Å². The van der Waals surface area contributed by atoms with Gasteiger partial charge in [0.15, 0.2) is 0 Å². The van der Waals surface area contributed by atoms with E-state index in [9.17, 15) is 14.7 Å². The molecule has 0 aliphatic heterocycles. The summed E-state index contributed by atoms with van der Waals surface area (Å²) in [6.07, 6.45) is 18.4. The van der Waals surface area contributed by atoms with Crippen LogP contribution in [0.15, 0.2) is 24.3 Å². The SMILES string of the molecule is C/C=C\CCC(CCC)N(C(=O)C1CCC(C)CC1)c1cc(C2=CCCCC2)sc1C(=O)O. The van der Waals surface area contributed by atoms with Crippen LogP contribution in [0.25, 0.3) is 5.57 Å². The van der Waals surface area contributed by atoms with E-state index in [0.29, 0.717) is 16.5 Å². The van der Waals surface area contributed by atoms with Crippen LogP contribution in [0.2, 0.25) is 0 Å². The molecule has 0 radical (unpaired) electrons. The van der Waals surface area contributed by atoms with E-state index >= 15 is 0 Å². The molecule has 1 amide bonds. The van der Waals surface area contributed by atoms with Gasteiger partial charge in [-0.05, 0) is 95.1 Å². The van der Waals surface area contributed by atoms with Crippen molar-refractivity contribution in [2.24, 2.45) is 11.8 Å². The Balaban J connectivity index is 2.03. The number of hydrogen-bond donors (Lipinski definition) is 1. The molecule has 3 rings (SSSR count). The number of thiophene rings is 1. The van der Waals surface area contributed by atoms with Crippen LogP contribution in [0.4, 0.5) is 5.69 Å². The van der Waals surface area contributed by atoms with Gasteiger partial charge < -0.3 is 10.0 Å². The summed E-state index contributed by atoms with van der Waals surface area (Å²) < 4.78 is 0. The van der Waals surface area contributed by atoms with Crippen molar-refractivity contribution >= 4 is 34.5 Å². The third-order valence-electron chi connectivity index (χ3n) is 7.27. The number of aromatic carboxylic acids is 1. The molecule has 0 spiro atoms. The lowest BCUT2D eigenvalue weighted by Crippen LogP contribution is -2.45. The highest BCUT2D eigenvalue weighted by molar-refractivity contribution is 7.15. The average Bonchev–Trinajstić information content (AvgIpc) is 3.26. The van der Waals surface area contributed by atoms with Gasteiger partial charge in [0.2, 0.25) is 5.91 Å². The van der Waals surface area contributed by atoms with E-state index in [4.69, 9.17) is 0 Å². The van der Waals surface area contributed by atoms with Crippen LogP contribution in [0.5, 0.6) is 0 Å². The predicted octanol–water partition coefficient (Wildman–Crippen LogP) is 8.09. The fourth-order valence-electron chi connectivity index (χ4n) is 5.32. The van der Waals surface area contributed by atoms with Crippen LogP contribution in [0, 0.1) is 11.8 Å². The summed E-state index contributed by atoms with van der Waals surface area (Å²) in [6, 6.07) is 2.05. The van der Waals surface area contributed by atoms with Gasteiger partial charge in [-0.1, -0.05) is 38.5 Å². The van der Waals surface area contributed by atoms with E-state index in [1.54, 1.807) is 0 Å². The molecular weight excluding hydrogens is 430 g/mol. The molecule has 1 fully saturated rings. The molecule has 4 nitrogen and oxygen atoms in total. The van der Waals surface area contributed by atoms with E-state index in [1.807, 2.05) is 17.9 Å². The quantitative estimate of drug-likeness (QED) is 0.351. The third kappa shape index (κ3) is 6.59. The predicted molar refractivity (Wildman–Crippen MR) is 139 cm³/mol. The molecule has 1 N–H and O–H groups in total. The minimum atomic E-state index is -0.920. The van der Waals surface area contributed by atoms with Crippen LogP contribution < -0.4 is 4.90 Å². The Morgan fingerprint density at radius 2 is 1.97 bits per heavy atom. The lowest BCUT2D eigenvalue weighted by molar-refractivity contribution is -0.124. The molecule has 1 aromatic rings. The minimum Gasteiger partial charge on any atom is -0.477 e. The van der Waals surface area contributed by atoms with Crippen LogP contribution in [0.3, 0.4) is 0 Å². The molecule has 5 heteroatoms. The lowest BCUT2D eigenvalue weighted by atomic mass is 9.82. The summed E-state index contributed by atoms with van der Waals surface area (Å²) in [4.78, 5) is 29.6. The van der Waals surface area contributed by atoms with Crippen LogP contribution >= 0.6 is 11.3 Å². The number of anilines is 1. The lowest BCUT2D eigenvalue weighted by Gasteiger charge is -2.36. The number of carboxylic acid groups (broad SMARTS) is 1. The summed E-state index contributed by atoms with van der Waals surface area (Å²) in [5.41, 5.74) is 1.89. The van der Waals surface area contributed by atoms with E-state index in [0.717, 1.165) is 75.5 Å². The van der Waals surface area contributed by atoms with Crippen molar-refractivity contribution in [3.63, 3.8) is 0 Å². The van der Waals surface area contributed by atoms with Crippen LogP contribution in [-0.2, 0) is 4.79 Å². The van der Waals surface area contributed by atoms with Crippen molar-refractivity contribution in [2.75, 3.05) is 4.90 Å². The molecular formula is C28H41NO3S. The van der Waals surface area contributed by atoms with Crippen LogP contribution in [-0.4, -0.2) is 23.0 Å². The van der Waals surface area contributed by atoms with Gasteiger partial charge >= 0.3 is 5.97 Å². The normalized spacial score (nSPS) is 22.2. The standard InChI is InChI=1S/C28H41NO3S/c1-4-6-8-14-23(11-5-2)29(27(30)22-17-15-20(3)16-18-22)24-19-25(33-26(24)28(31)32)21-12-9-7-10-13-21/h4,6,12,19-20,22-23H,5,7-11,13-18H2,1-3H3,(H,31,32)/b6-4-. The van der Waals surface area contributed by atoms with Gasteiger partial charge in [-0.25, -0.2) is 4.79 Å². The summed E-state index contributed by atoms with van der Waals surface area (Å²) in [6.45, 7) is 6.44. The van der Waals surface area contributed by atoms with Crippen molar-refractivity contribution in [1.29, 1.82) is 0 Å². The fourth-order valence-corrected chi connectivity index (χ4v) is 6.38. The molecule has 2 aliphatic rings. The van der Waals surface area contributed by atoms with E-state index in [1.165, 1.54) is 23.3 Å². The number of nitrogens with zero attached hydrogens (tertiary/aromatic N) is 1. The number of hydrogen-bond acceptors (Lipinski definition) is 3. The smallest absolute Gasteiger partial charge is 0.348 e. The first-order chi connectivity index (χ1) is 16.0. The summed E-state index contributed by atoms with van der Waals surface area (Å²) in [5, 5.41) is 10.1. The van der Waals surface area contributed by atoms with Crippen molar-refractivity contribution in [2.45, 2.75) is 104 Å². The highest BCUT2D eigenvalue weighted by Crippen LogP contribution is 2.41. The summed E-state index contributed by atoms with van der Waals surface area (Å²) in [5.74, 6) is -0.105. The number of carbonyl (C=O) groups excluding carboxylic acids is 1. The molecule has 182 valence electrons. The Bertz CT molecular complexity index is 860. The molecule has 1 atom stereocenters. The highest BCUT2D eigenvalue weighted by Gasteiger charge is 2.35. The second-order valence-electron chi connectivity index (χ2n) is 9.86. The molecule has 0 saturated heterocycles. The van der Waals surface area contributed by atoms with Crippen molar-refractivity contribution in [3.05, 3.63) is 34.0 Å². The van der Waals surface area contributed by atoms with Gasteiger partial charge in [0, 0.05) is 16.8 Å². The maximum atomic E-state index is 14.0. The number of carbonyl (C=O) groups is 2. The van der Waals surface area contributed by atoms with Gasteiger partial charge in [0.05, 0.1) is 5.69 Å². The molecule has 1 saturated carbocycles. The Kier molecular flexibility index (Phi) is 9.78. The van der Waals surface area contributed by atoms with Crippen molar-refractivity contribution < 1.29 is 14.7 Å². The van der Waals surface area contributed by atoms with Gasteiger partial charge in [-0.3, -0.25) is 4.79 Å². The zero-order valence-corrected chi connectivity index (χ0v) is 21.5. The molecule has 1 unspecified atom stereocenters. The maximum Gasteiger partial charge on any atom is 0.348 e. The van der Waals surface area contributed by atoms with Crippen LogP contribution in [0.1, 0.15) is 112 Å². The topological polar surface area (TPSA) is 57.6 Å². The number of rotatable bonds is 10. The fraction of sp³-hybridized carbons (Fsp3) is 0.643. The van der Waals surface area contributed by atoms with E-state index < -0.39 is 5.97 Å². The first kappa shape index (κ1) is 25.7. The Labute approximate surface area is 203 Å². The Morgan fingerprint density at radius 1 is 1.21 bits per heavy atom. The third-order valence-corrected chi connectivity index (χ3v) is 8.45. The zero-order chi connectivity index (χ0) is 23.8. The van der Waals surface area contributed by atoms with Gasteiger partial charge in [0.1, 0.15) is 4.88 Å². The number of allylic oxidation sites excluding steroid dienone is 4. The van der Waals surface area contributed by atoms with E-state index in [-0.39, 0.29) is 17.9 Å². The highest BCUT2D eigenvalue weighted by atomic mass is 32.1. The number of amides is 1. The molecule has 1 aromatic heterocycles. The first-order valence-corrected chi connectivity index (χ1v) is 13.8. The molecule has 33 heavy (non-hydrogen) atoms. The second-order valence-corrected chi connectivity index (χ2v) is 10.9. The average molecular weight is 472 g/mol. The first-order valence-electron chi connectivity index (χ1n) is 13.0. The maximum absolute atomic E-state index is 14.0. The molecule has 2 aliphatic carbocycles. The Morgan fingerprint density at radius 3 is 2.58 bits per heavy atom. The molecule has 1 heterocycles. The van der Waals surface area contributed by atoms with E-state index in [2.05, 4.69) is 32.1 Å². The van der Waals surface area contributed by atoms with Gasteiger partial charge in [0.25, 0.3) is 0 Å². The summed E-state index contributed by atoms with van der Waals surface area (Å²) in [7, 11) is 0. The minimum absolute atomic E-state index is 0.00108. The largest absolute Gasteiger partial charge is 0.477 e. The monoisotopic (exact) mass is 471 g/mol. The number of carboxylic acids is 1. The van der Waals surface area contributed by atoms with Gasteiger partial charge in [-0.2, -0.15) is 0 Å². The second kappa shape index (κ2) is 12.5. The zero-order valence-electron chi connectivity index (χ0n) is 20.6. The Hall–Kier alpha value is -1.88. The molecule has 0 aromatic carbocycles. The molecule has 0 bridgehead atoms. The van der Waals surface area contributed by atoms with Crippen molar-refractivity contribution in [3.8, 4) is 0 Å². The van der Waals surface area contributed by atoms with Crippen molar-refractivity contribution in [1.82, 2.24) is 0 Å².